The van der Waals surface area contributed by atoms with Gasteiger partial charge in [-0.15, -0.1) is 11.8 Å². The molecule has 0 aliphatic carbocycles. The van der Waals surface area contributed by atoms with Crippen LogP contribution in [0.4, 0.5) is 5.69 Å². The number of rotatable bonds is 5. The Bertz CT molecular complexity index is 520. The zero-order valence-electron chi connectivity index (χ0n) is 9.57. The molecule has 1 heterocycles. The average molecular weight is 388 g/mol. The highest BCUT2D eigenvalue weighted by molar-refractivity contribution is 9.10. The molecule has 0 saturated carbocycles. The second-order valence-electron chi connectivity index (χ2n) is 3.58. The molecule has 0 fully saturated rings. The van der Waals surface area contributed by atoms with Crippen LogP contribution in [0.2, 0.25) is 0 Å². The van der Waals surface area contributed by atoms with Crippen LogP contribution < -0.4 is 5.32 Å². The summed E-state index contributed by atoms with van der Waals surface area (Å²) in [4.78, 5) is 4.32. The van der Waals surface area contributed by atoms with Crippen LogP contribution in [0.15, 0.2) is 56.6 Å². The van der Waals surface area contributed by atoms with E-state index in [0.29, 0.717) is 0 Å². The Balaban J connectivity index is 1.78. The zero-order valence-corrected chi connectivity index (χ0v) is 13.6. The lowest BCUT2D eigenvalue weighted by Gasteiger charge is -2.07. The van der Waals surface area contributed by atoms with Gasteiger partial charge in [0.1, 0.15) is 5.03 Å². The topological polar surface area (TPSA) is 24.9 Å². The van der Waals surface area contributed by atoms with Crippen LogP contribution in [-0.4, -0.2) is 17.3 Å². The van der Waals surface area contributed by atoms with E-state index >= 15 is 0 Å². The van der Waals surface area contributed by atoms with Crippen LogP contribution in [0.1, 0.15) is 0 Å². The Labute approximate surface area is 128 Å². The van der Waals surface area contributed by atoms with Gasteiger partial charge in [-0.2, -0.15) is 0 Å². The highest BCUT2D eigenvalue weighted by Gasteiger charge is 2.00. The maximum Gasteiger partial charge on any atom is 0.110 e. The highest BCUT2D eigenvalue weighted by Crippen LogP contribution is 2.24. The zero-order chi connectivity index (χ0) is 12.8. The minimum absolute atomic E-state index is 0.907. The van der Waals surface area contributed by atoms with Gasteiger partial charge in [-0.05, 0) is 46.3 Å². The van der Waals surface area contributed by atoms with Crippen molar-refractivity contribution in [1.82, 2.24) is 4.98 Å². The maximum absolute atomic E-state index is 4.32. The van der Waals surface area contributed by atoms with Crippen molar-refractivity contribution in [1.29, 1.82) is 0 Å². The Morgan fingerprint density at radius 1 is 1.17 bits per heavy atom. The first-order valence-corrected chi connectivity index (χ1v) is 8.05. The smallest absolute Gasteiger partial charge is 0.110 e. The Morgan fingerprint density at radius 2 is 2.06 bits per heavy atom. The number of aromatic nitrogens is 1. The fraction of sp³-hybridized carbons (Fsp3) is 0.154. The summed E-state index contributed by atoms with van der Waals surface area (Å²) < 4.78 is 2.14. The van der Waals surface area contributed by atoms with E-state index in [0.717, 1.165) is 32.0 Å². The predicted molar refractivity (Wildman–Crippen MR) is 85.3 cm³/mol. The first kappa shape index (κ1) is 13.9. The van der Waals surface area contributed by atoms with E-state index in [4.69, 9.17) is 0 Å². The van der Waals surface area contributed by atoms with E-state index in [1.807, 2.05) is 30.5 Å². The van der Waals surface area contributed by atoms with Crippen LogP contribution >= 0.6 is 43.6 Å². The number of halogens is 2. The minimum atomic E-state index is 0.907. The third-order valence-electron chi connectivity index (χ3n) is 2.22. The van der Waals surface area contributed by atoms with E-state index in [1.165, 1.54) is 0 Å². The molecule has 0 aliphatic heterocycles. The molecular weight excluding hydrogens is 376 g/mol. The summed E-state index contributed by atoms with van der Waals surface area (Å²) in [5, 5.41) is 4.42. The second-order valence-corrected chi connectivity index (χ2v) is 6.43. The van der Waals surface area contributed by atoms with Gasteiger partial charge < -0.3 is 5.32 Å². The molecule has 0 spiro atoms. The number of thioether (sulfide) groups is 1. The Kier molecular flexibility index (Phi) is 5.53. The fourth-order valence-corrected chi connectivity index (χ4v) is 3.16. The van der Waals surface area contributed by atoms with Crippen molar-refractivity contribution in [2.24, 2.45) is 0 Å². The van der Waals surface area contributed by atoms with Gasteiger partial charge in [0.05, 0.1) is 0 Å². The van der Waals surface area contributed by atoms with Gasteiger partial charge in [-0.25, -0.2) is 4.98 Å². The molecule has 2 rings (SSSR count). The molecule has 18 heavy (non-hydrogen) atoms. The van der Waals surface area contributed by atoms with Gasteiger partial charge in [0.25, 0.3) is 0 Å². The SMILES string of the molecule is Brc1cccc(NCCSc2ncccc2Br)c1. The predicted octanol–water partition coefficient (Wildman–Crippen LogP) is 4.81. The summed E-state index contributed by atoms with van der Waals surface area (Å²) in [6.45, 7) is 0.907. The normalized spacial score (nSPS) is 10.3. The van der Waals surface area contributed by atoms with E-state index in [2.05, 4.69) is 54.3 Å². The van der Waals surface area contributed by atoms with Gasteiger partial charge >= 0.3 is 0 Å². The molecule has 0 radical (unpaired) electrons. The van der Waals surface area contributed by atoms with Crippen molar-refractivity contribution < 1.29 is 0 Å². The Hall–Kier alpha value is -0.520. The molecule has 0 saturated heterocycles. The summed E-state index contributed by atoms with van der Waals surface area (Å²) in [7, 11) is 0. The number of nitrogens with one attached hydrogen (secondary N) is 1. The van der Waals surface area contributed by atoms with Gasteiger partial charge in [-0.1, -0.05) is 22.0 Å². The summed E-state index contributed by atoms with van der Waals surface area (Å²) in [5.74, 6) is 0.974. The van der Waals surface area contributed by atoms with Gasteiger partial charge in [0.2, 0.25) is 0 Å². The van der Waals surface area contributed by atoms with Gasteiger partial charge in [-0.3, -0.25) is 0 Å². The van der Waals surface area contributed by atoms with E-state index in [1.54, 1.807) is 11.8 Å². The molecule has 0 bridgehead atoms. The highest BCUT2D eigenvalue weighted by atomic mass is 79.9. The molecule has 2 aromatic rings. The summed E-state index contributed by atoms with van der Waals surface area (Å²) in [5.41, 5.74) is 1.13. The number of nitrogens with zero attached hydrogens (tertiary/aromatic N) is 1. The molecule has 94 valence electrons. The molecule has 0 unspecified atom stereocenters. The first-order chi connectivity index (χ1) is 8.75. The number of benzene rings is 1. The van der Waals surface area contributed by atoms with Crippen molar-refractivity contribution >= 4 is 49.3 Å². The average Bonchev–Trinajstić information content (AvgIpc) is 2.37. The number of pyridine rings is 1. The van der Waals surface area contributed by atoms with Crippen LogP contribution in [0.3, 0.4) is 0 Å². The lowest BCUT2D eigenvalue weighted by molar-refractivity contribution is 1.10. The third kappa shape index (κ3) is 4.30. The first-order valence-electron chi connectivity index (χ1n) is 5.48. The van der Waals surface area contributed by atoms with E-state index in [-0.39, 0.29) is 0 Å². The van der Waals surface area contributed by atoms with Crippen LogP contribution in [0.5, 0.6) is 0 Å². The van der Waals surface area contributed by atoms with E-state index < -0.39 is 0 Å². The standard InChI is InChI=1S/C13H12Br2N2S/c14-10-3-1-4-11(9-10)16-7-8-18-13-12(15)5-2-6-17-13/h1-6,9,16H,7-8H2. The molecule has 1 N–H and O–H groups in total. The summed E-state index contributed by atoms with van der Waals surface area (Å²) in [6, 6.07) is 12.1. The molecule has 0 atom stereocenters. The fourth-order valence-electron chi connectivity index (χ4n) is 1.42. The van der Waals surface area contributed by atoms with Crippen molar-refractivity contribution in [3.8, 4) is 0 Å². The molecule has 1 aromatic heterocycles. The quantitative estimate of drug-likeness (QED) is 0.588. The van der Waals surface area contributed by atoms with Crippen molar-refractivity contribution in [3.05, 3.63) is 51.5 Å². The molecule has 2 nitrogen and oxygen atoms in total. The number of hydrogen-bond acceptors (Lipinski definition) is 3. The molecule has 0 amide bonds. The number of hydrogen-bond donors (Lipinski definition) is 1. The van der Waals surface area contributed by atoms with Crippen LogP contribution in [-0.2, 0) is 0 Å². The molecule has 5 heteroatoms. The third-order valence-corrected chi connectivity index (χ3v) is 4.62. The van der Waals surface area contributed by atoms with Gasteiger partial charge in [0.15, 0.2) is 0 Å². The summed E-state index contributed by atoms with van der Waals surface area (Å²) >= 11 is 8.69. The maximum atomic E-state index is 4.32. The summed E-state index contributed by atoms with van der Waals surface area (Å²) in [6.07, 6.45) is 1.81. The lowest BCUT2D eigenvalue weighted by Crippen LogP contribution is -2.04. The minimum Gasteiger partial charge on any atom is -0.384 e. The van der Waals surface area contributed by atoms with E-state index in [9.17, 15) is 0 Å². The van der Waals surface area contributed by atoms with Crippen molar-refractivity contribution in [2.75, 3.05) is 17.6 Å². The van der Waals surface area contributed by atoms with Gasteiger partial charge in [0, 0.05) is 33.1 Å². The van der Waals surface area contributed by atoms with Crippen molar-refractivity contribution in [2.45, 2.75) is 5.03 Å². The molecular formula is C13H12Br2N2S. The van der Waals surface area contributed by atoms with Crippen LogP contribution in [0, 0.1) is 0 Å². The molecule has 1 aromatic carbocycles. The monoisotopic (exact) mass is 386 g/mol. The second kappa shape index (κ2) is 7.16. The van der Waals surface area contributed by atoms with Crippen LogP contribution in [0.25, 0.3) is 0 Å². The van der Waals surface area contributed by atoms with Crippen molar-refractivity contribution in [3.63, 3.8) is 0 Å². The lowest BCUT2D eigenvalue weighted by atomic mass is 10.3. The molecule has 0 aliphatic rings. The number of anilines is 1. The largest absolute Gasteiger partial charge is 0.384 e. The Morgan fingerprint density at radius 3 is 2.83 bits per heavy atom.